The molecule has 0 saturated heterocycles. The van der Waals surface area contributed by atoms with Crippen LogP contribution in [0.3, 0.4) is 0 Å². The van der Waals surface area contributed by atoms with Crippen molar-refractivity contribution >= 4 is 27.7 Å². The molecule has 2 N–H and O–H groups in total. The molecule has 2 amide bonds. The van der Waals surface area contributed by atoms with Crippen molar-refractivity contribution in [2.45, 2.75) is 44.3 Å². The van der Waals surface area contributed by atoms with E-state index in [2.05, 4.69) is 26.6 Å². The van der Waals surface area contributed by atoms with Crippen LogP contribution in [-0.2, 0) is 4.79 Å². The second kappa shape index (κ2) is 8.69. The Morgan fingerprint density at radius 1 is 1.16 bits per heavy atom. The first-order valence-corrected chi connectivity index (χ1v) is 8.95. The van der Waals surface area contributed by atoms with Gasteiger partial charge in [0.1, 0.15) is 0 Å². The Kier molecular flexibility index (Phi) is 6.87. The highest BCUT2D eigenvalue weighted by Crippen LogP contribution is 2.37. The van der Waals surface area contributed by atoms with Crippen LogP contribution in [0.4, 0.5) is 13.2 Å². The zero-order valence-corrected chi connectivity index (χ0v) is 15.1. The number of carbonyl (C=O) groups excluding carboxylic acids is 2. The molecule has 138 valence electrons. The van der Waals surface area contributed by atoms with E-state index in [1.807, 2.05) is 0 Å². The molecular formula is C17H20BrF3N2O2. The first-order valence-electron chi connectivity index (χ1n) is 8.15. The second-order valence-corrected chi connectivity index (χ2v) is 7.10. The van der Waals surface area contributed by atoms with E-state index in [9.17, 15) is 22.8 Å². The van der Waals surface area contributed by atoms with Crippen molar-refractivity contribution in [3.05, 3.63) is 34.3 Å². The summed E-state index contributed by atoms with van der Waals surface area (Å²) in [4.78, 5) is 23.8. The normalized spacial score (nSPS) is 20.8. The van der Waals surface area contributed by atoms with Gasteiger partial charge < -0.3 is 10.6 Å². The summed E-state index contributed by atoms with van der Waals surface area (Å²) in [5.74, 6) is -1.98. The molecule has 2 rings (SSSR count). The summed E-state index contributed by atoms with van der Waals surface area (Å²) in [6.45, 7) is 0.135. The molecule has 1 saturated carbocycles. The third-order valence-electron chi connectivity index (χ3n) is 4.25. The maximum Gasteiger partial charge on any atom is 0.391 e. The number of benzene rings is 1. The highest BCUT2D eigenvalue weighted by atomic mass is 79.9. The third kappa shape index (κ3) is 6.34. The molecule has 0 spiro atoms. The van der Waals surface area contributed by atoms with Crippen molar-refractivity contribution in [3.63, 3.8) is 0 Å². The minimum Gasteiger partial charge on any atom is -0.353 e. The SMILES string of the molecule is O=C(CCNC(=O)c1ccc(Br)cc1)N[C@@H]1CCC[C@@H](C(F)(F)F)C1. The summed E-state index contributed by atoms with van der Waals surface area (Å²) in [6.07, 6.45) is -3.10. The lowest BCUT2D eigenvalue weighted by atomic mass is 9.85. The van der Waals surface area contributed by atoms with Crippen LogP contribution in [0.15, 0.2) is 28.7 Å². The summed E-state index contributed by atoms with van der Waals surface area (Å²) in [5.41, 5.74) is 0.476. The van der Waals surface area contributed by atoms with Crippen LogP contribution < -0.4 is 10.6 Å². The largest absolute Gasteiger partial charge is 0.391 e. The molecule has 1 aromatic carbocycles. The maximum atomic E-state index is 12.8. The second-order valence-electron chi connectivity index (χ2n) is 6.18. The van der Waals surface area contributed by atoms with Crippen LogP contribution in [-0.4, -0.2) is 30.6 Å². The Bertz CT molecular complexity index is 605. The molecule has 2 atom stereocenters. The van der Waals surface area contributed by atoms with Crippen molar-refractivity contribution in [2.75, 3.05) is 6.54 Å². The molecule has 1 fully saturated rings. The third-order valence-corrected chi connectivity index (χ3v) is 4.77. The molecule has 1 aliphatic carbocycles. The van der Waals surface area contributed by atoms with Crippen LogP contribution in [0.25, 0.3) is 0 Å². The average molecular weight is 421 g/mol. The van der Waals surface area contributed by atoms with E-state index in [1.54, 1.807) is 24.3 Å². The fourth-order valence-electron chi connectivity index (χ4n) is 2.91. The molecule has 25 heavy (non-hydrogen) atoms. The smallest absolute Gasteiger partial charge is 0.353 e. The lowest BCUT2D eigenvalue weighted by Gasteiger charge is -2.31. The predicted molar refractivity (Wildman–Crippen MR) is 91.0 cm³/mol. The first kappa shape index (κ1) is 19.8. The monoisotopic (exact) mass is 420 g/mol. The molecule has 1 aromatic rings. The van der Waals surface area contributed by atoms with Gasteiger partial charge in [0.05, 0.1) is 5.92 Å². The lowest BCUT2D eigenvalue weighted by Crippen LogP contribution is -2.42. The van der Waals surface area contributed by atoms with Gasteiger partial charge in [-0.25, -0.2) is 0 Å². The van der Waals surface area contributed by atoms with Gasteiger partial charge >= 0.3 is 6.18 Å². The fourth-order valence-corrected chi connectivity index (χ4v) is 3.18. The molecule has 4 nitrogen and oxygen atoms in total. The van der Waals surface area contributed by atoms with Gasteiger partial charge in [0, 0.05) is 29.0 Å². The Morgan fingerprint density at radius 3 is 2.48 bits per heavy atom. The summed E-state index contributed by atoms with van der Waals surface area (Å²) in [6, 6.07) is 6.33. The highest BCUT2D eigenvalue weighted by molar-refractivity contribution is 9.10. The van der Waals surface area contributed by atoms with Crippen molar-refractivity contribution < 1.29 is 22.8 Å². The van der Waals surface area contributed by atoms with E-state index in [4.69, 9.17) is 0 Å². The van der Waals surface area contributed by atoms with E-state index in [0.717, 1.165) is 4.47 Å². The molecule has 0 heterocycles. The van der Waals surface area contributed by atoms with Crippen LogP contribution in [0.5, 0.6) is 0 Å². The quantitative estimate of drug-likeness (QED) is 0.760. The maximum absolute atomic E-state index is 12.8. The first-order chi connectivity index (χ1) is 11.8. The molecule has 0 aromatic heterocycles. The van der Waals surface area contributed by atoms with E-state index < -0.39 is 18.1 Å². The Hall–Kier alpha value is -1.57. The van der Waals surface area contributed by atoms with E-state index in [-0.39, 0.29) is 37.6 Å². The molecule has 0 aliphatic heterocycles. The highest BCUT2D eigenvalue weighted by Gasteiger charge is 2.42. The topological polar surface area (TPSA) is 58.2 Å². The minimum atomic E-state index is -4.21. The van der Waals surface area contributed by atoms with E-state index in [0.29, 0.717) is 18.4 Å². The number of hydrogen-bond acceptors (Lipinski definition) is 2. The van der Waals surface area contributed by atoms with Crippen molar-refractivity contribution in [3.8, 4) is 0 Å². The summed E-state index contributed by atoms with van der Waals surface area (Å²) < 4.78 is 39.2. The molecule has 0 bridgehead atoms. The molecule has 0 unspecified atom stereocenters. The van der Waals surface area contributed by atoms with Crippen molar-refractivity contribution in [1.29, 1.82) is 0 Å². The van der Waals surface area contributed by atoms with Gasteiger partial charge in [-0.1, -0.05) is 22.4 Å². The number of halogens is 4. The molecule has 8 heteroatoms. The number of amides is 2. The van der Waals surface area contributed by atoms with E-state index >= 15 is 0 Å². The van der Waals surface area contributed by atoms with Gasteiger partial charge in [-0.2, -0.15) is 13.2 Å². The Morgan fingerprint density at radius 2 is 1.84 bits per heavy atom. The van der Waals surface area contributed by atoms with Gasteiger partial charge in [-0.3, -0.25) is 9.59 Å². The summed E-state index contributed by atoms with van der Waals surface area (Å²) in [7, 11) is 0. The van der Waals surface area contributed by atoms with Crippen LogP contribution in [0.2, 0.25) is 0 Å². The van der Waals surface area contributed by atoms with Gasteiger partial charge in [0.25, 0.3) is 5.91 Å². The van der Waals surface area contributed by atoms with Crippen LogP contribution >= 0.6 is 15.9 Å². The summed E-state index contributed by atoms with van der Waals surface area (Å²) >= 11 is 3.27. The van der Waals surface area contributed by atoms with E-state index in [1.165, 1.54) is 0 Å². The standard InChI is InChI=1S/C17H20BrF3N2O2/c18-13-6-4-11(5-7-13)16(25)22-9-8-15(24)23-14-3-1-2-12(10-14)17(19,20)21/h4-7,12,14H,1-3,8-10H2,(H,22,25)(H,23,24)/t12-,14-/m1/s1. The van der Waals surface area contributed by atoms with Crippen LogP contribution in [0.1, 0.15) is 42.5 Å². The molecule has 1 aliphatic rings. The van der Waals surface area contributed by atoms with Gasteiger partial charge in [-0.05, 0) is 43.5 Å². The molecular weight excluding hydrogens is 401 g/mol. The van der Waals surface area contributed by atoms with Gasteiger partial charge in [0.2, 0.25) is 5.91 Å². The van der Waals surface area contributed by atoms with Gasteiger partial charge in [-0.15, -0.1) is 0 Å². The summed E-state index contributed by atoms with van der Waals surface area (Å²) in [5, 5.41) is 5.27. The fraction of sp³-hybridized carbons (Fsp3) is 0.529. The van der Waals surface area contributed by atoms with Gasteiger partial charge in [0.15, 0.2) is 0 Å². The Labute approximate surface area is 152 Å². The Balaban J connectivity index is 1.72. The predicted octanol–water partition coefficient (Wildman–Crippen LogP) is 3.81. The number of rotatable bonds is 5. The zero-order chi connectivity index (χ0) is 18.4. The number of hydrogen-bond donors (Lipinski definition) is 2. The number of nitrogens with one attached hydrogen (secondary N) is 2. The van der Waals surface area contributed by atoms with Crippen molar-refractivity contribution in [2.24, 2.45) is 5.92 Å². The van der Waals surface area contributed by atoms with Crippen LogP contribution in [0, 0.1) is 5.92 Å². The lowest BCUT2D eigenvalue weighted by molar-refractivity contribution is -0.184. The molecule has 0 radical (unpaired) electrons. The zero-order valence-electron chi connectivity index (χ0n) is 13.5. The number of alkyl halides is 3. The average Bonchev–Trinajstić information content (AvgIpc) is 2.55. The number of carbonyl (C=O) groups is 2. The van der Waals surface area contributed by atoms with Crippen molar-refractivity contribution in [1.82, 2.24) is 10.6 Å². The minimum absolute atomic E-state index is 0.0372.